The molecule has 0 aromatic heterocycles. The van der Waals surface area contributed by atoms with E-state index >= 15 is 0 Å². The monoisotopic (exact) mass is 354 g/mol. The summed E-state index contributed by atoms with van der Waals surface area (Å²) in [5, 5.41) is 5.37. The lowest BCUT2D eigenvalue weighted by Crippen LogP contribution is -2.32. The van der Waals surface area contributed by atoms with Crippen molar-refractivity contribution < 1.29 is 19.1 Å². The predicted octanol–water partition coefficient (Wildman–Crippen LogP) is 2.88. The first-order valence-electron chi connectivity index (χ1n) is 8.71. The zero-order valence-electron chi connectivity index (χ0n) is 14.5. The van der Waals surface area contributed by atoms with E-state index in [9.17, 15) is 9.59 Å². The summed E-state index contributed by atoms with van der Waals surface area (Å²) < 4.78 is 10.5. The fraction of sp³-hybridized carbons (Fsp3) is 0.300. The predicted molar refractivity (Wildman–Crippen MR) is 98.2 cm³/mol. The van der Waals surface area contributed by atoms with Crippen LogP contribution in [0.4, 0.5) is 5.69 Å². The molecular formula is C20H22N2O4. The lowest BCUT2D eigenvalue weighted by Gasteiger charge is -2.08. The normalized spacial score (nSPS) is 11.8. The molecule has 2 aromatic rings. The first-order chi connectivity index (χ1) is 12.7. The Kier molecular flexibility index (Phi) is 6.09. The van der Waals surface area contributed by atoms with Crippen LogP contribution in [0.15, 0.2) is 48.5 Å². The molecule has 1 aliphatic heterocycles. The summed E-state index contributed by atoms with van der Waals surface area (Å²) >= 11 is 0. The Morgan fingerprint density at radius 1 is 0.923 bits per heavy atom. The van der Waals surface area contributed by atoms with Crippen molar-refractivity contribution in [2.45, 2.75) is 25.7 Å². The number of rotatable bonds is 8. The number of anilines is 1. The summed E-state index contributed by atoms with van der Waals surface area (Å²) in [6.45, 7) is 0.138. The third-order valence-electron chi connectivity index (χ3n) is 4.06. The maximum absolute atomic E-state index is 11.9. The van der Waals surface area contributed by atoms with Crippen LogP contribution in [0.25, 0.3) is 0 Å². The van der Waals surface area contributed by atoms with Crippen LogP contribution >= 0.6 is 0 Å². The van der Waals surface area contributed by atoms with E-state index in [2.05, 4.69) is 22.8 Å². The Morgan fingerprint density at radius 2 is 1.73 bits per heavy atom. The summed E-state index contributed by atoms with van der Waals surface area (Å²) in [7, 11) is 0. The smallest absolute Gasteiger partial charge is 0.243 e. The number of amides is 2. The summed E-state index contributed by atoms with van der Waals surface area (Å²) in [6.07, 6.45) is 3.12. The van der Waals surface area contributed by atoms with Crippen molar-refractivity contribution in [3.63, 3.8) is 0 Å². The molecule has 0 saturated carbocycles. The second-order valence-corrected chi connectivity index (χ2v) is 6.09. The SMILES string of the molecule is O=C(CCCCc1ccccc1)NCC(=O)Nc1ccc2c(c1)OCO2. The van der Waals surface area contributed by atoms with Gasteiger partial charge < -0.3 is 20.1 Å². The minimum atomic E-state index is -0.276. The van der Waals surface area contributed by atoms with E-state index in [-0.39, 0.29) is 25.2 Å². The molecule has 26 heavy (non-hydrogen) atoms. The highest BCUT2D eigenvalue weighted by atomic mass is 16.7. The number of nitrogens with one attached hydrogen (secondary N) is 2. The summed E-state index contributed by atoms with van der Waals surface area (Å²) in [5.74, 6) is 0.873. The van der Waals surface area contributed by atoms with E-state index in [0.29, 0.717) is 23.6 Å². The quantitative estimate of drug-likeness (QED) is 0.715. The highest BCUT2D eigenvalue weighted by Gasteiger charge is 2.14. The van der Waals surface area contributed by atoms with E-state index in [1.807, 2.05) is 18.2 Å². The Morgan fingerprint density at radius 3 is 2.58 bits per heavy atom. The summed E-state index contributed by atoms with van der Waals surface area (Å²) in [6, 6.07) is 15.4. The Hall–Kier alpha value is -3.02. The number of carbonyl (C=O) groups is 2. The van der Waals surface area contributed by atoms with E-state index in [0.717, 1.165) is 19.3 Å². The molecule has 0 aliphatic carbocycles. The van der Waals surface area contributed by atoms with Gasteiger partial charge in [-0.15, -0.1) is 0 Å². The Balaban J connectivity index is 1.32. The highest BCUT2D eigenvalue weighted by Crippen LogP contribution is 2.34. The number of unbranched alkanes of at least 4 members (excludes halogenated alkanes) is 1. The van der Waals surface area contributed by atoms with Crippen LogP contribution in [-0.2, 0) is 16.0 Å². The van der Waals surface area contributed by atoms with Gasteiger partial charge >= 0.3 is 0 Å². The number of hydrogen-bond acceptors (Lipinski definition) is 4. The van der Waals surface area contributed by atoms with Gasteiger partial charge in [0.25, 0.3) is 0 Å². The van der Waals surface area contributed by atoms with Gasteiger partial charge in [-0.05, 0) is 37.0 Å². The van der Waals surface area contributed by atoms with Gasteiger partial charge in [-0.1, -0.05) is 30.3 Å². The van der Waals surface area contributed by atoms with E-state index in [1.165, 1.54) is 5.56 Å². The van der Waals surface area contributed by atoms with Crippen LogP contribution in [-0.4, -0.2) is 25.2 Å². The first kappa shape index (κ1) is 17.8. The third-order valence-corrected chi connectivity index (χ3v) is 4.06. The van der Waals surface area contributed by atoms with Crippen molar-refractivity contribution >= 4 is 17.5 Å². The number of ether oxygens (including phenoxy) is 2. The van der Waals surface area contributed by atoms with E-state index < -0.39 is 0 Å². The number of aryl methyl sites for hydroxylation is 1. The fourth-order valence-corrected chi connectivity index (χ4v) is 2.71. The average molecular weight is 354 g/mol. The molecule has 0 spiro atoms. The second kappa shape index (κ2) is 8.89. The molecule has 0 unspecified atom stereocenters. The van der Waals surface area contributed by atoms with Crippen molar-refractivity contribution in [1.29, 1.82) is 0 Å². The third kappa shape index (κ3) is 5.24. The van der Waals surface area contributed by atoms with Crippen LogP contribution in [0.5, 0.6) is 11.5 Å². The number of hydrogen-bond donors (Lipinski definition) is 2. The lowest BCUT2D eigenvalue weighted by molar-refractivity contribution is -0.124. The molecule has 2 aromatic carbocycles. The molecule has 0 radical (unpaired) electrons. The van der Waals surface area contributed by atoms with Crippen molar-refractivity contribution in [2.24, 2.45) is 0 Å². The Labute approximate surface area is 152 Å². The van der Waals surface area contributed by atoms with Crippen LogP contribution < -0.4 is 20.1 Å². The molecule has 136 valence electrons. The number of benzene rings is 2. The van der Waals surface area contributed by atoms with Crippen molar-refractivity contribution in [3.05, 3.63) is 54.1 Å². The van der Waals surface area contributed by atoms with Crippen LogP contribution in [0, 0.1) is 0 Å². The van der Waals surface area contributed by atoms with Crippen molar-refractivity contribution in [1.82, 2.24) is 5.32 Å². The molecule has 6 heteroatoms. The minimum Gasteiger partial charge on any atom is -0.454 e. The van der Waals surface area contributed by atoms with Crippen LogP contribution in [0.1, 0.15) is 24.8 Å². The van der Waals surface area contributed by atoms with Gasteiger partial charge in [0.15, 0.2) is 11.5 Å². The summed E-state index contributed by atoms with van der Waals surface area (Å²) in [4.78, 5) is 23.8. The van der Waals surface area contributed by atoms with E-state index in [1.54, 1.807) is 18.2 Å². The zero-order chi connectivity index (χ0) is 18.2. The van der Waals surface area contributed by atoms with Gasteiger partial charge in [-0.25, -0.2) is 0 Å². The topological polar surface area (TPSA) is 76.7 Å². The maximum atomic E-state index is 11.9. The minimum absolute atomic E-state index is 0.0496. The van der Waals surface area contributed by atoms with Crippen molar-refractivity contribution in [2.75, 3.05) is 18.7 Å². The van der Waals surface area contributed by atoms with Crippen molar-refractivity contribution in [3.8, 4) is 11.5 Å². The molecule has 3 rings (SSSR count). The van der Waals surface area contributed by atoms with Gasteiger partial charge in [0, 0.05) is 18.2 Å². The van der Waals surface area contributed by atoms with Gasteiger partial charge in [0.1, 0.15) is 0 Å². The number of fused-ring (bicyclic) bond motifs is 1. The second-order valence-electron chi connectivity index (χ2n) is 6.09. The lowest BCUT2D eigenvalue weighted by atomic mass is 10.1. The standard InChI is InChI=1S/C20H22N2O4/c23-19(9-5-4-8-15-6-2-1-3-7-15)21-13-20(24)22-16-10-11-17-18(12-16)26-14-25-17/h1-3,6-7,10-12H,4-5,8-9,13-14H2,(H,21,23)(H,22,24). The van der Waals surface area contributed by atoms with Gasteiger partial charge in [-0.2, -0.15) is 0 Å². The van der Waals surface area contributed by atoms with Crippen LogP contribution in [0.3, 0.4) is 0 Å². The molecule has 0 fully saturated rings. The van der Waals surface area contributed by atoms with Gasteiger partial charge in [-0.3, -0.25) is 9.59 Å². The maximum Gasteiger partial charge on any atom is 0.243 e. The molecule has 6 nitrogen and oxygen atoms in total. The summed E-state index contributed by atoms with van der Waals surface area (Å²) in [5.41, 5.74) is 1.88. The van der Waals surface area contributed by atoms with Gasteiger partial charge in [0.2, 0.25) is 18.6 Å². The molecule has 1 heterocycles. The fourth-order valence-electron chi connectivity index (χ4n) is 2.71. The van der Waals surface area contributed by atoms with Crippen LogP contribution in [0.2, 0.25) is 0 Å². The largest absolute Gasteiger partial charge is 0.454 e. The molecule has 0 saturated heterocycles. The molecular weight excluding hydrogens is 332 g/mol. The average Bonchev–Trinajstić information content (AvgIpc) is 3.12. The number of carbonyl (C=O) groups excluding carboxylic acids is 2. The van der Waals surface area contributed by atoms with Gasteiger partial charge in [0.05, 0.1) is 6.54 Å². The molecule has 0 atom stereocenters. The Bertz CT molecular complexity index is 762. The highest BCUT2D eigenvalue weighted by molar-refractivity contribution is 5.94. The zero-order valence-corrected chi connectivity index (χ0v) is 14.5. The molecule has 2 amide bonds. The molecule has 1 aliphatic rings. The molecule has 2 N–H and O–H groups in total. The molecule has 0 bridgehead atoms. The first-order valence-corrected chi connectivity index (χ1v) is 8.71. The van der Waals surface area contributed by atoms with E-state index in [4.69, 9.17) is 9.47 Å².